The molecule has 2 aliphatic rings. The fraction of sp³-hybridized carbons (Fsp3) is 0.150. The van der Waals surface area contributed by atoms with E-state index in [0.29, 0.717) is 6.42 Å². The minimum Gasteiger partial charge on any atom is -0.508 e. The highest BCUT2D eigenvalue weighted by Gasteiger charge is 2.33. The van der Waals surface area contributed by atoms with Crippen LogP contribution in [0.5, 0.6) is 5.75 Å². The van der Waals surface area contributed by atoms with Gasteiger partial charge in [-0.1, -0.05) is 12.1 Å². The molecule has 0 amide bonds. The van der Waals surface area contributed by atoms with Crippen LogP contribution in [0.25, 0.3) is 0 Å². The lowest BCUT2D eigenvalue weighted by Gasteiger charge is -2.22. The van der Waals surface area contributed by atoms with E-state index in [0.717, 1.165) is 17.9 Å². The Bertz CT molecular complexity index is 479. The zero-order valence-corrected chi connectivity index (χ0v) is 12.3. The number of hydrogen-bond acceptors (Lipinski definition) is 2. The van der Waals surface area contributed by atoms with Crippen LogP contribution in [0.1, 0.15) is 24.3 Å². The van der Waals surface area contributed by atoms with Crippen LogP contribution < -0.4 is 0 Å². The van der Waals surface area contributed by atoms with Gasteiger partial charge in [0.15, 0.2) is 0 Å². The number of rotatable bonds is 6. The van der Waals surface area contributed by atoms with E-state index in [4.69, 9.17) is 0 Å². The second-order valence-electron chi connectivity index (χ2n) is 5.50. The molecule has 0 spiro atoms. The highest BCUT2D eigenvalue weighted by Crippen LogP contribution is 2.39. The van der Waals surface area contributed by atoms with Gasteiger partial charge in [-0.05, 0) is 87.3 Å². The standard InChI is InChI=1S/C20H18O2/c21-18-12-10-17(11-13-18)20(16-7-3-4-8-16)19(22)14-9-15-5-1-2-6-15/h1-8,10-13,20-21H,9,14H2. The SMILES string of the molecule is O=C(CC[C]1[CH][CH][CH][CH]1)C([C]1[CH][CH][CH][CH]1)c1ccc(O)cc1. The molecule has 3 rings (SSSR count). The molecule has 110 valence electrons. The lowest BCUT2D eigenvalue weighted by atomic mass is 9.79. The van der Waals surface area contributed by atoms with Gasteiger partial charge in [0.2, 0.25) is 0 Å². The first-order valence-electron chi connectivity index (χ1n) is 7.48. The topological polar surface area (TPSA) is 37.3 Å². The fourth-order valence-corrected chi connectivity index (χ4v) is 2.80. The third-order valence-corrected chi connectivity index (χ3v) is 3.96. The molecule has 0 heterocycles. The third kappa shape index (κ3) is 3.71. The molecule has 2 aliphatic carbocycles. The summed E-state index contributed by atoms with van der Waals surface area (Å²) in [7, 11) is 0. The van der Waals surface area contributed by atoms with Gasteiger partial charge < -0.3 is 5.11 Å². The van der Waals surface area contributed by atoms with Crippen molar-refractivity contribution in [2.75, 3.05) is 0 Å². The van der Waals surface area contributed by atoms with Gasteiger partial charge in [-0.25, -0.2) is 0 Å². The molecule has 2 fully saturated rings. The van der Waals surface area contributed by atoms with Gasteiger partial charge in [0.25, 0.3) is 0 Å². The van der Waals surface area contributed by atoms with E-state index < -0.39 is 0 Å². The summed E-state index contributed by atoms with van der Waals surface area (Å²) in [4.78, 5) is 12.8. The van der Waals surface area contributed by atoms with Gasteiger partial charge in [-0.2, -0.15) is 0 Å². The molecular weight excluding hydrogens is 272 g/mol. The zero-order valence-electron chi connectivity index (χ0n) is 12.3. The molecule has 1 unspecified atom stereocenters. The molecule has 1 atom stereocenters. The molecule has 10 radical (unpaired) electrons. The van der Waals surface area contributed by atoms with Gasteiger partial charge >= 0.3 is 0 Å². The summed E-state index contributed by atoms with van der Waals surface area (Å²) in [6.45, 7) is 0. The molecule has 22 heavy (non-hydrogen) atoms. The van der Waals surface area contributed by atoms with Crippen molar-refractivity contribution in [2.24, 2.45) is 0 Å². The summed E-state index contributed by atoms with van der Waals surface area (Å²) in [6.07, 6.45) is 17.2. The Hall–Kier alpha value is -1.31. The second kappa shape index (κ2) is 7.30. The Morgan fingerprint density at radius 2 is 1.50 bits per heavy atom. The predicted octanol–water partition coefficient (Wildman–Crippen LogP) is 3.64. The van der Waals surface area contributed by atoms with Gasteiger partial charge in [0.05, 0.1) is 0 Å². The van der Waals surface area contributed by atoms with Crippen LogP contribution in [0.15, 0.2) is 24.3 Å². The van der Waals surface area contributed by atoms with Crippen molar-refractivity contribution in [3.8, 4) is 5.75 Å². The van der Waals surface area contributed by atoms with Crippen molar-refractivity contribution in [1.29, 1.82) is 0 Å². The molecule has 0 aliphatic heterocycles. The fourth-order valence-electron chi connectivity index (χ4n) is 2.80. The van der Waals surface area contributed by atoms with Crippen LogP contribution >= 0.6 is 0 Å². The number of phenolic OH excluding ortho intramolecular Hbond substituents is 1. The Labute approximate surface area is 133 Å². The van der Waals surface area contributed by atoms with E-state index in [9.17, 15) is 9.90 Å². The second-order valence-corrected chi connectivity index (χ2v) is 5.50. The molecule has 0 aromatic heterocycles. The van der Waals surface area contributed by atoms with E-state index >= 15 is 0 Å². The van der Waals surface area contributed by atoms with Crippen LogP contribution in [0.2, 0.25) is 0 Å². The molecule has 0 saturated heterocycles. The number of ketones is 1. The lowest BCUT2D eigenvalue weighted by Crippen LogP contribution is -2.20. The average molecular weight is 290 g/mol. The van der Waals surface area contributed by atoms with E-state index in [1.54, 1.807) is 12.1 Å². The van der Waals surface area contributed by atoms with Gasteiger partial charge in [0, 0.05) is 12.3 Å². The summed E-state index contributed by atoms with van der Waals surface area (Å²) in [5.41, 5.74) is 0.927. The largest absolute Gasteiger partial charge is 0.508 e. The van der Waals surface area contributed by atoms with Crippen LogP contribution in [-0.4, -0.2) is 10.9 Å². The Balaban J connectivity index is 1.69. The van der Waals surface area contributed by atoms with Crippen molar-refractivity contribution >= 4 is 5.78 Å². The van der Waals surface area contributed by atoms with Gasteiger partial charge in [0.1, 0.15) is 11.5 Å². The number of carbonyl (C=O) groups excluding carboxylic acids is 1. The number of hydrogen-bond donors (Lipinski definition) is 1. The first kappa shape index (κ1) is 15.6. The Kier molecular flexibility index (Phi) is 5.17. The number of Topliss-reactive ketones (excluding diaryl/α,β-unsaturated/α-hetero) is 1. The van der Waals surface area contributed by atoms with Crippen molar-refractivity contribution in [3.63, 3.8) is 0 Å². The smallest absolute Gasteiger partial charge is 0.140 e. The number of phenols is 1. The van der Waals surface area contributed by atoms with Crippen molar-refractivity contribution in [1.82, 2.24) is 0 Å². The average Bonchev–Trinajstić information content (AvgIpc) is 3.21. The Morgan fingerprint density at radius 3 is 2.14 bits per heavy atom. The third-order valence-electron chi connectivity index (χ3n) is 3.96. The van der Waals surface area contributed by atoms with E-state index in [2.05, 4.69) is 0 Å². The van der Waals surface area contributed by atoms with Gasteiger partial charge in [-0.15, -0.1) is 0 Å². The van der Waals surface area contributed by atoms with Crippen molar-refractivity contribution in [2.45, 2.75) is 18.8 Å². The quantitative estimate of drug-likeness (QED) is 0.868. The highest BCUT2D eigenvalue weighted by molar-refractivity contribution is 5.89. The first-order chi connectivity index (χ1) is 10.7. The molecule has 1 aromatic carbocycles. The highest BCUT2D eigenvalue weighted by atomic mass is 16.3. The number of carbonyl (C=O) groups is 1. The minimum absolute atomic E-state index is 0.207. The predicted molar refractivity (Wildman–Crippen MR) is 86.0 cm³/mol. The maximum atomic E-state index is 12.8. The summed E-state index contributed by atoms with van der Waals surface area (Å²) < 4.78 is 0. The molecule has 0 bridgehead atoms. The zero-order chi connectivity index (χ0) is 15.4. The normalized spacial score (nSPS) is 21.3. The molecule has 2 saturated carbocycles. The summed E-state index contributed by atoms with van der Waals surface area (Å²) >= 11 is 0. The molecular formula is C20H18O2. The maximum Gasteiger partial charge on any atom is 0.140 e. The first-order valence-corrected chi connectivity index (χ1v) is 7.48. The Morgan fingerprint density at radius 1 is 0.909 bits per heavy atom. The summed E-state index contributed by atoms with van der Waals surface area (Å²) in [5.74, 6) is 2.37. The monoisotopic (exact) mass is 290 g/mol. The maximum absolute atomic E-state index is 12.8. The lowest BCUT2D eigenvalue weighted by molar-refractivity contribution is -0.120. The molecule has 2 nitrogen and oxygen atoms in total. The van der Waals surface area contributed by atoms with E-state index in [-0.39, 0.29) is 17.5 Å². The molecule has 1 aromatic rings. The van der Waals surface area contributed by atoms with Crippen LogP contribution in [0, 0.1) is 63.2 Å². The van der Waals surface area contributed by atoms with Crippen LogP contribution in [0.4, 0.5) is 0 Å². The summed E-state index contributed by atoms with van der Waals surface area (Å²) in [6, 6.07) is 6.92. The van der Waals surface area contributed by atoms with E-state index in [1.165, 1.54) is 5.92 Å². The molecule has 1 N–H and O–H groups in total. The van der Waals surface area contributed by atoms with Crippen LogP contribution in [0.3, 0.4) is 0 Å². The van der Waals surface area contributed by atoms with E-state index in [1.807, 2.05) is 63.5 Å². The van der Waals surface area contributed by atoms with Crippen molar-refractivity contribution < 1.29 is 9.90 Å². The minimum atomic E-state index is -0.259. The number of benzene rings is 1. The summed E-state index contributed by atoms with van der Waals surface area (Å²) in [5, 5.41) is 9.45. The van der Waals surface area contributed by atoms with Gasteiger partial charge in [-0.3, -0.25) is 4.79 Å². The van der Waals surface area contributed by atoms with Crippen molar-refractivity contribution in [3.05, 3.63) is 93.0 Å². The molecule has 2 heteroatoms. The van der Waals surface area contributed by atoms with Crippen LogP contribution in [-0.2, 0) is 4.79 Å². The number of aromatic hydroxyl groups is 1.